The van der Waals surface area contributed by atoms with Gasteiger partial charge in [0.15, 0.2) is 5.96 Å². The highest BCUT2D eigenvalue weighted by Gasteiger charge is 2.07. The normalized spacial score (nSPS) is 11.2. The van der Waals surface area contributed by atoms with Crippen molar-refractivity contribution in [3.05, 3.63) is 35.4 Å². The van der Waals surface area contributed by atoms with Crippen LogP contribution in [0.4, 0.5) is 0 Å². The Bertz CT molecular complexity index is 513. The average Bonchev–Trinajstić information content (AvgIpc) is 2.58. The van der Waals surface area contributed by atoms with Gasteiger partial charge in [-0.2, -0.15) is 0 Å². The summed E-state index contributed by atoms with van der Waals surface area (Å²) in [5, 5.41) is 6.25. The molecule has 0 aliphatic heterocycles. The Morgan fingerprint density at radius 2 is 2.00 bits per heavy atom. The quantitative estimate of drug-likeness (QED) is 0.572. The van der Waals surface area contributed by atoms with Gasteiger partial charge in [-0.25, -0.2) is 0 Å². The lowest BCUT2D eigenvalue weighted by Gasteiger charge is -2.22. The minimum atomic E-state index is -0.0156. The highest BCUT2D eigenvalue weighted by molar-refractivity contribution is 5.94. The van der Waals surface area contributed by atoms with Crippen molar-refractivity contribution in [2.24, 2.45) is 4.99 Å². The van der Waals surface area contributed by atoms with Crippen molar-refractivity contribution in [3.63, 3.8) is 0 Å². The third kappa shape index (κ3) is 6.72. The molecule has 0 heterocycles. The molecular weight excluding hydrogens is 288 g/mol. The van der Waals surface area contributed by atoms with Gasteiger partial charge in [-0.05, 0) is 30.5 Å². The Balaban J connectivity index is 2.61. The molecule has 2 N–H and O–H groups in total. The standard InChI is InChI=1S/C18H30N4O/c1-5-7-12-22(4)18(19-3)21-14-15-9-8-10-16(13-15)17(23)20-11-6-2/h8-10,13H,5-7,11-12,14H2,1-4H3,(H,19,21)(H,20,23). The number of carbonyl (C=O) groups is 1. The van der Waals surface area contributed by atoms with Crippen LogP contribution in [0, 0.1) is 0 Å². The van der Waals surface area contributed by atoms with Crippen LogP contribution < -0.4 is 10.6 Å². The minimum Gasteiger partial charge on any atom is -0.352 e. The molecule has 0 radical (unpaired) electrons. The third-order valence-electron chi connectivity index (χ3n) is 3.60. The average molecular weight is 318 g/mol. The van der Waals surface area contributed by atoms with E-state index in [0.29, 0.717) is 18.7 Å². The fourth-order valence-electron chi connectivity index (χ4n) is 2.23. The molecule has 1 rings (SSSR count). The van der Waals surface area contributed by atoms with E-state index >= 15 is 0 Å². The number of guanidine groups is 1. The topological polar surface area (TPSA) is 56.7 Å². The predicted molar refractivity (Wildman–Crippen MR) is 96.8 cm³/mol. The molecule has 0 spiro atoms. The smallest absolute Gasteiger partial charge is 0.251 e. The van der Waals surface area contributed by atoms with Crippen LogP contribution in [0.25, 0.3) is 0 Å². The van der Waals surface area contributed by atoms with Crippen LogP contribution in [0.5, 0.6) is 0 Å². The summed E-state index contributed by atoms with van der Waals surface area (Å²) in [5.41, 5.74) is 1.77. The van der Waals surface area contributed by atoms with Gasteiger partial charge >= 0.3 is 0 Å². The number of nitrogens with one attached hydrogen (secondary N) is 2. The predicted octanol–water partition coefficient (Wildman–Crippen LogP) is 2.63. The molecule has 1 aromatic carbocycles. The van der Waals surface area contributed by atoms with Gasteiger partial charge in [-0.3, -0.25) is 9.79 Å². The molecule has 1 amide bonds. The van der Waals surface area contributed by atoms with Crippen molar-refractivity contribution in [2.75, 3.05) is 27.2 Å². The second-order valence-electron chi connectivity index (χ2n) is 5.63. The number of aliphatic imine (C=N–C) groups is 1. The number of hydrogen-bond donors (Lipinski definition) is 2. The monoisotopic (exact) mass is 318 g/mol. The number of carbonyl (C=O) groups excluding carboxylic acids is 1. The molecule has 0 saturated carbocycles. The zero-order valence-corrected chi connectivity index (χ0v) is 14.9. The van der Waals surface area contributed by atoms with Gasteiger partial charge in [0.2, 0.25) is 0 Å². The molecule has 0 bridgehead atoms. The van der Waals surface area contributed by atoms with Gasteiger partial charge in [0, 0.05) is 39.3 Å². The molecule has 0 aliphatic rings. The van der Waals surface area contributed by atoms with Crippen LogP contribution in [0.3, 0.4) is 0 Å². The van der Waals surface area contributed by atoms with Crippen molar-refractivity contribution < 1.29 is 4.79 Å². The summed E-state index contributed by atoms with van der Waals surface area (Å²) in [4.78, 5) is 18.4. The SMILES string of the molecule is CCCCN(C)C(=NC)NCc1cccc(C(=O)NCCC)c1. The Labute approximate surface area is 140 Å². The van der Waals surface area contributed by atoms with E-state index < -0.39 is 0 Å². The zero-order valence-electron chi connectivity index (χ0n) is 14.9. The summed E-state index contributed by atoms with van der Waals surface area (Å²) in [5.74, 6) is 0.859. The lowest BCUT2D eigenvalue weighted by atomic mass is 10.1. The zero-order chi connectivity index (χ0) is 17.1. The van der Waals surface area contributed by atoms with Crippen molar-refractivity contribution in [3.8, 4) is 0 Å². The molecule has 0 aromatic heterocycles. The highest BCUT2D eigenvalue weighted by atomic mass is 16.1. The maximum atomic E-state index is 12.0. The van der Waals surface area contributed by atoms with Crippen LogP contribution in [-0.4, -0.2) is 44.0 Å². The molecular formula is C18H30N4O. The van der Waals surface area contributed by atoms with Crippen LogP contribution >= 0.6 is 0 Å². The number of benzene rings is 1. The van der Waals surface area contributed by atoms with E-state index in [9.17, 15) is 4.79 Å². The van der Waals surface area contributed by atoms with Gasteiger partial charge in [0.25, 0.3) is 5.91 Å². The molecule has 0 unspecified atom stereocenters. The summed E-state index contributed by atoms with van der Waals surface area (Å²) in [6.45, 7) is 6.56. The van der Waals surface area contributed by atoms with E-state index in [1.54, 1.807) is 7.05 Å². The summed E-state index contributed by atoms with van der Waals surface area (Å²) in [6.07, 6.45) is 3.24. The van der Waals surface area contributed by atoms with E-state index in [0.717, 1.165) is 37.3 Å². The number of rotatable bonds is 8. The van der Waals surface area contributed by atoms with Gasteiger partial charge in [-0.1, -0.05) is 32.4 Å². The van der Waals surface area contributed by atoms with E-state index in [1.165, 1.54) is 0 Å². The Kier molecular flexibility index (Phi) is 8.80. The number of nitrogens with zero attached hydrogens (tertiary/aromatic N) is 2. The molecule has 0 saturated heterocycles. The molecule has 0 aliphatic carbocycles. The third-order valence-corrected chi connectivity index (χ3v) is 3.60. The lowest BCUT2D eigenvalue weighted by Crippen LogP contribution is -2.39. The molecule has 1 aromatic rings. The summed E-state index contributed by atoms with van der Waals surface area (Å²) >= 11 is 0. The Morgan fingerprint density at radius 3 is 2.65 bits per heavy atom. The molecule has 5 nitrogen and oxygen atoms in total. The Hall–Kier alpha value is -2.04. The minimum absolute atomic E-state index is 0.0156. The van der Waals surface area contributed by atoms with Gasteiger partial charge in [0.05, 0.1) is 0 Å². The second kappa shape index (κ2) is 10.6. The largest absolute Gasteiger partial charge is 0.352 e. The molecule has 128 valence electrons. The van der Waals surface area contributed by atoms with E-state index in [1.807, 2.05) is 38.2 Å². The number of amides is 1. The fourth-order valence-corrected chi connectivity index (χ4v) is 2.23. The first-order valence-electron chi connectivity index (χ1n) is 8.41. The first-order chi connectivity index (χ1) is 11.1. The fraction of sp³-hybridized carbons (Fsp3) is 0.556. The van der Waals surface area contributed by atoms with E-state index in [4.69, 9.17) is 0 Å². The van der Waals surface area contributed by atoms with Gasteiger partial charge in [-0.15, -0.1) is 0 Å². The Morgan fingerprint density at radius 1 is 1.22 bits per heavy atom. The van der Waals surface area contributed by atoms with Gasteiger partial charge in [0.1, 0.15) is 0 Å². The van der Waals surface area contributed by atoms with Crippen molar-refractivity contribution in [1.82, 2.24) is 15.5 Å². The first-order valence-corrected chi connectivity index (χ1v) is 8.41. The maximum Gasteiger partial charge on any atom is 0.251 e. The van der Waals surface area contributed by atoms with E-state index in [-0.39, 0.29) is 5.91 Å². The maximum absolute atomic E-state index is 12.0. The van der Waals surface area contributed by atoms with Crippen LogP contribution in [0.1, 0.15) is 49.0 Å². The van der Waals surface area contributed by atoms with E-state index in [2.05, 4.69) is 27.4 Å². The first kappa shape index (κ1) is 19.0. The van der Waals surface area contributed by atoms with Gasteiger partial charge < -0.3 is 15.5 Å². The van der Waals surface area contributed by atoms with Crippen LogP contribution in [-0.2, 0) is 6.54 Å². The second-order valence-corrected chi connectivity index (χ2v) is 5.63. The van der Waals surface area contributed by atoms with Crippen LogP contribution in [0.2, 0.25) is 0 Å². The molecule has 5 heteroatoms. The van der Waals surface area contributed by atoms with Crippen LogP contribution in [0.15, 0.2) is 29.3 Å². The summed E-state index contributed by atoms with van der Waals surface area (Å²) in [6, 6.07) is 7.71. The summed E-state index contributed by atoms with van der Waals surface area (Å²) in [7, 11) is 3.83. The highest BCUT2D eigenvalue weighted by Crippen LogP contribution is 2.06. The number of hydrogen-bond acceptors (Lipinski definition) is 2. The summed E-state index contributed by atoms with van der Waals surface area (Å²) < 4.78 is 0. The lowest BCUT2D eigenvalue weighted by molar-refractivity contribution is 0.0953. The molecule has 23 heavy (non-hydrogen) atoms. The molecule has 0 fully saturated rings. The van der Waals surface area contributed by atoms with Crippen molar-refractivity contribution in [2.45, 2.75) is 39.7 Å². The molecule has 0 atom stereocenters. The van der Waals surface area contributed by atoms with Crippen molar-refractivity contribution in [1.29, 1.82) is 0 Å². The number of unbranched alkanes of at least 4 members (excludes halogenated alkanes) is 1. The van der Waals surface area contributed by atoms with Crippen molar-refractivity contribution >= 4 is 11.9 Å².